The van der Waals surface area contributed by atoms with E-state index in [9.17, 15) is 0 Å². The Kier molecular flexibility index (Phi) is 7.58. The van der Waals surface area contributed by atoms with Crippen molar-refractivity contribution in [3.63, 3.8) is 0 Å². The van der Waals surface area contributed by atoms with Crippen LogP contribution >= 0.6 is 0 Å². The van der Waals surface area contributed by atoms with Crippen molar-refractivity contribution in [2.45, 2.75) is 46.0 Å². The second-order valence-electron chi connectivity index (χ2n) is 12.5. The third-order valence-electron chi connectivity index (χ3n) is 10.2. The average molecular weight is 605 g/mol. The molecule has 0 fully saturated rings. The third-order valence-corrected chi connectivity index (χ3v) is 10.2. The largest absolute Gasteiger partial charge is 0.0836 e. The number of hydrogen-bond acceptors (Lipinski definition) is 0. The van der Waals surface area contributed by atoms with Gasteiger partial charge in [-0.3, -0.25) is 0 Å². The fourth-order valence-electron chi connectivity index (χ4n) is 8.42. The molecule has 228 valence electrons. The van der Waals surface area contributed by atoms with Crippen molar-refractivity contribution in [2.24, 2.45) is 0 Å². The summed E-state index contributed by atoms with van der Waals surface area (Å²) < 4.78 is 0. The second kappa shape index (κ2) is 12.2. The molecule has 1 unspecified atom stereocenters. The Hall–Kier alpha value is -5.20. The molecule has 0 heterocycles. The lowest BCUT2D eigenvalue weighted by Crippen LogP contribution is -2.02. The molecule has 0 aromatic heterocycles. The third kappa shape index (κ3) is 4.58. The molecule has 47 heavy (non-hydrogen) atoms. The molecular formula is C47H40. The van der Waals surface area contributed by atoms with Gasteiger partial charge in [0.15, 0.2) is 0 Å². The van der Waals surface area contributed by atoms with Gasteiger partial charge in [0.05, 0.1) is 0 Å². The lowest BCUT2D eigenvalue weighted by atomic mass is 9.79. The van der Waals surface area contributed by atoms with E-state index in [0.717, 1.165) is 19.3 Å². The summed E-state index contributed by atoms with van der Waals surface area (Å²) in [5.74, 6) is 0.413. The van der Waals surface area contributed by atoms with Crippen LogP contribution in [0.15, 0.2) is 151 Å². The number of hydrogen-bond donors (Lipinski definition) is 0. The molecule has 0 nitrogen and oxygen atoms in total. The van der Waals surface area contributed by atoms with E-state index in [4.69, 9.17) is 0 Å². The van der Waals surface area contributed by atoms with E-state index < -0.39 is 0 Å². The van der Waals surface area contributed by atoms with Crippen molar-refractivity contribution in [1.29, 1.82) is 0 Å². The SMILES string of the molecule is CC.CCC1C2=C(C=CCC2)c2c(-c3cccc4ccccc34)ccc(-c3c4ccccc4c(-c4ccccc4)c4ccccc34)c21. The minimum atomic E-state index is 0.413. The van der Waals surface area contributed by atoms with E-state index in [1.165, 1.54) is 82.4 Å². The molecule has 0 saturated heterocycles. The van der Waals surface area contributed by atoms with Crippen LogP contribution in [-0.2, 0) is 0 Å². The van der Waals surface area contributed by atoms with Crippen LogP contribution in [0.5, 0.6) is 0 Å². The Bertz CT molecular complexity index is 2290. The summed E-state index contributed by atoms with van der Waals surface area (Å²) in [6.45, 7) is 6.38. The summed E-state index contributed by atoms with van der Waals surface area (Å²) in [7, 11) is 0. The predicted molar refractivity (Wildman–Crippen MR) is 205 cm³/mol. The molecule has 0 radical (unpaired) electrons. The van der Waals surface area contributed by atoms with Gasteiger partial charge in [0.2, 0.25) is 0 Å². The normalized spacial score (nSPS) is 15.1. The van der Waals surface area contributed by atoms with Gasteiger partial charge in [-0.15, -0.1) is 0 Å². The first-order valence-corrected chi connectivity index (χ1v) is 17.4. The van der Waals surface area contributed by atoms with Crippen LogP contribution in [0.2, 0.25) is 0 Å². The summed E-state index contributed by atoms with van der Waals surface area (Å²) in [6.07, 6.45) is 8.19. The molecule has 1 atom stereocenters. The van der Waals surface area contributed by atoms with Gasteiger partial charge >= 0.3 is 0 Å². The molecule has 0 amide bonds. The maximum atomic E-state index is 2.46. The summed E-state index contributed by atoms with van der Waals surface area (Å²) in [5, 5.41) is 7.89. The standard InChI is InChI=1S/C45H34.C2H6/c1-2-31-33-20-8-9-21-35(33)45-40(34-26-14-18-29-15-6-7-19-32(29)34)27-28-41(44(31)45)43-38-24-12-10-22-36(38)42(30-16-4-3-5-17-30)37-23-11-13-25-39(37)43;1-2/h3-7,9-19,21-28,31H,2,8,20H2,1H3;1-2H3. The predicted octanol–water partition coefficient (Wildman–Crippen LogP) is 13.8. The lowest BCUT2D eigenvalue weighted by Gasteiger charge is -2.23. The van der Waals surface area contributed by atoms with Crippen molar-refractivity contribution in [1.82, 2.24) is 0 Å². The molecule has 0 saturated carbocycles. The van der Waals surface area contributed by atoms with E-state index in [0.29, 0.717) is 5.92 Å². The molecule has 2 aliphatic carbocycles. The van der Waals surface area contributed by atoms with Crippen LogP contribution in [-0.4, -0.2) is 0 Å². The monoisotopic (exact) mass is 604 g/mol. The van der Waals surface area contributed by atoms with E-state index in [1.54, 1.807) is 5.57 Å². The van der Waals surface area contributed by atoms with Gasteiger partial charge in [-0.25, -0.2) is 0 Å². The fourth-order valence-corrected chi connectivity index (χ4v) is 8.42. The Labute approximate surface area is 278 Å². The molecule has 0 bridgehead atoms. The van der Waals surface area contributed by atoms with Crippen molar-refractivity contribution >= 4 is 37.9 Å². The zero-order valence-corrected chi connectivity index (χ0v) is 27.6. The summed E-state index contributed by atoms with van der Waals surface area (Å²) in [5.41, 5.74) is 14.1. The van der Waals surface area contributed by atoms with Crippen LogP contribution in [0.25, 0.3) is 71.3 Å². The van der Waals surface area contributed by atoms with Crippen molar-refractivity contribution < 1.29 is 0 Å². The summed E-state index contributed by atoms with van der Waals surface area (Å²) in [4.78, 5) is 0. The highest BCUT2D eigenvalue weighted by Crippen LogP contribution is 2.56. The Morgan fingerprint density at radius 3 is 1.77 bits per heavy atom. The molecular weight excluding hydrogens is 565 g/mol. The van der Waals surface area contributed by atoms with Gasteiger partial charge in [0.25, 0.3) is 0 Å². The highest BCUT2D eigenvalue weighted by Gasteiger charge is 2.35. The lowest BCUT2D eigenvalue weighted by molar-refractivity contribution is 0.732. The van der Waals surface area contributed by atoms with E-state index in [1.807, 2.05) is 13.8 Å². The van der Waals surface area contributed by atoms with Gasteiger partial charge in [-0.2, -0.15) is 0 Å². The molecule has 9 rings (SSSR count). The molecule has 0 heteroatoms. The number of allylic oxidation sites excluding steroid dienone is 4. The minimum Gasteiger partial charge on any atom is -0.0836 e. The van der Waals surface area contributed by atoms with Crippen LogP contribution < -0.4 is 0 Å². The fraction of sp³-hybridized carbons (Fsp3) is 0.149. The van der Waals surface area contributed by atoms with Gasteiger partial charge in [-0.05, 0) is 102 Å². The van der Waals surface area contributed by atoms with Gasteiger partial charge in [0.1, 0.15) is 0 Å². The first-order chi connectivity index (χ1) is 23.3. The molecule has 7 aromatic rings. The van der Waals surface area contributed by atoms with Crippen LogP contribution in [0.1, 0.15) is 57.1 Å². The smallest absolute Gasteiger partial charge is 0.00674 e. The van der Waals surface area contributed by atoms with Gasteiger partial charge in [-0.1, -0.05) is 172 Å². The van der Waals surface area contributed by atoms with E-state index in [-0.39, 0.29) is 0 Å². The van der Waals surface area contributed by atoms with Crippen LogP contribution in [0.3, 0.4) is 0 Å². The minimum absolute atomic E-state index is 0.413. The average Bonchev–Trinajstić information content (AvgIpc) is 3.49. The van der Waals surface area contributed by atoms with E-state index in [2.05, 4.69) is 153 Å². The Morgan fingerprint density at radius 2 is 1.09 bits per heavy atom. The maximum Gasteiger partial charge on any atom is 0.00674 e. The van der Waals surface area contributed by atoms with E-state index >= 15 is 0 Å². The topological polar surface area (TPSA) is 0 Å². The van der Waals surface area contributed by atoms with Crippen molar-refractivity contribution in [2.75, 3.05) is 0 Å². The quantitative estimate of drug-likeness (QED) is 0.175. The van der Waals surface area contributed by atoms with Crippen molar-refractivity contribution in [3.8, 4) is 33.4 Å². The Morgan fingerprint density at radius 1 is 0.511 bits per heavy atom. The molecule has 0 aliphatic heterocycles. The number of fused-ring (bicyclic) bond motifs is 5. The zero-order chi connectivity index (χ0) is 31.9. The highest BCUT2D eigenvalue weighted by molar-refractivity contribution is 6.22. The molecule has 0 N–H and O–H groups in total. The van der Waals surface area contributed by atoms with Crippen molar-refractivity contribution in [3.05, 3.63) is 162 Å². The highest BCUT2D eigenvalue weighted by atomic mass is 14.4. The van der Waals surface area contributed by atoms with Gasteiger partial charge in [0, 0.05) is 5.92 Å². The first-order valence-electron chi connectivity index (χ1n) is 17.4. The summed E-state index contributed by atoms with van der Waals surface area (Å²) in [6, 6.07) is 49.6. The first kappa shape index (κ1) is 29.2. The van der Waals surface area contributed by atoms with Crippen LogP contribution in [0.4, 0.5) is 0 Å². The Balaban J connectivity index is 0.00000159. The molecule has 0 spiro atoms. The maximum absolute atomic E-state index is 2.46. The second-order valence-corrected chi connectivity index (χ2v) is 12.5. The summed E-state index contributed by atoms with van der Waals surface area (Å²) >= 11 is 0. The van der Waals surface area contributed by atoms with Crippen LogP contribution in [0, 0.1) is 0 Å². The number of rotatable bonds is 4. The molecule has 7 aromatic carbocycles. The number of benzene rings is 7. The molecule has 2 aliphatic rings. The zero-order valence-electron chi connectivity index (χ0n) is 27.6. The van der Waals surface area contributed by atoms with Gasteiger partial charge < -0.3 is 0 Å².